The summed E-state index contributed by atoms with van der Waals surface area (Å²) in [6, 6.07) is 0.240. The molecule has 0 N–H and O–H groups in total. The van der Waals surface area contributed by atoms with Gasteiger partial charge in [-0.05, 0) is 18.8 Å². The molecule has 2 saturated heterocycles. The normalized spacial score (nSPS) is 32.6. The maximum absolute atomic E-state index is 11.9. The number of carbonyl (C=O) groups is 1. The highest BCUT2D eigenvalue weighted by molar-refractivity contribution is 5.94. The lowest BCUT2D eigenvalue weighted by Crippen LogP contribution is -2.47. The van der Waals surface area contributed by atoms with Gasteiger partial charge in [-0.1, -0.05) is 20.4 Å². The fraction of sp³-hybridized carbons (Fsp3) is 0.727. The molecule has 2 heterocycles. The summed E-state index contributed by atoms with van der Waals surface area (Å²) in [4.78, 5) is 13.8. The van der Waals surface area contributed by atoms with Gasteiger partial charge in [-0.2, -0.15) is 0 Å². The zero-order chi connectivity index (χ0) is 10.3. The van der Waals surface area contributed by atoms with Crippen molar-refractivity contribution in [3.8, 4) is 0 Å². The highest BCUT2D eigenvalue weighted by atomic mass is 16.5. The summed E-state index contributed by atoms with van der Waals surface area (Å²) in [6.07, 6.45) is 1.71. The third kappa shape index (κ3) is 1.36. The largest absolute Gasteiger partial charge is 0.356 e. The van der Waals surface area contributed by atoms with Gasteiger partial charge >= 0.3 is 0 Å². The molecule has 0 aromatic heterocycles. The lowest BCUT2D eigenvalue weighted by Gasteiger charge is -2.34. The van der Waals surface area contributed by atoms with Crippen molar-refractivity contribution in [1.29, 1.82) is 0 Å². The topological polar surface area (TPSA) is 29.5 Å². The van der Waals surface area contributed by atoms with Crippen LogP contribution in [0, 0.1) is 5.92 Å². The number of carbonyl (C=O) groups excluding carboxylic acids is 1. The molecular formula is C11H17NO2. The van der Waals surface area contributed by atoms with E-state index >= 15 is 0 Å². The zero-order valence-corrected chi connectivity index (χ0v) is 8.82. The van der Waals surface area contributed by atoms with Gasteiger partial charge in [0.15, 0.2) is 0 Å². The van der Waals surface area contributed by atoms with E-state index in [1.807, 2.05) is 4.90 Å². The lowest BCUT2D eigenvalue weighted by atomic mass is 9.98. The van der Waals surface area contributed by atoms with E-state index in [1.54, 1.807) is 0 Å². The van der Waals surface area contributed by atoms with Crippen LogP contribution in [-0.2, 0) is 9.53 Å². The van der Waals surface area contributed by atoms with E-state index in [-0.39, 0.29) is 18.2 Å². The van der Waals surface area contributed by atoms with Gasteiger partial charge in [0.1, 0.15) is 6.23 Å². The third-order valence-electron chi connectivity index (χ3n) is 3.13. The first kappa shape index (κ1) is 9.71. The molecule has 1 amide bonds. The monoisotopic (exact) mass is 195 g/mol. The molecule has 0 aromatic carbocycles. The second kappa shape index (κ2) is 3.39. The van der Waals surface area contributed by atoms with E-state index in [4.69, 9.17) is 4.74 Å². The van der Waals surface area contributed by atoms with Crippen LogP contribution >= 0.6 is 0 Å². The van der Waals surface area contributed by atoms with E-state index in [2.05, 4.69) is 20.4 Å². The smallest absolute Gasteiger partial charge is 0.251 e. The van der Waals surface area contributed by atoms with Gasteiger partial charge in [-0.25, -0.2) is 0 Å². The van der Waals surface area contributed by atoms with Crippen LogP contribution in [0.3, 0.4) is 0 Å². The Morgan fingerprint density at radius 2 is 2.29 bits per heavy atom. The van der Waals surface area contributed by atoms with Crippen molar-refractivity contribution in [2.45, 2.75) is 39.0 Å². The number of hydrogen-bond donors (Lipinski definition) is 0. The number of hydrogen-bond acceptors (Lipinski definition) is 2. The number of rotatable bonds is 1. The number of ether oxygens (including phenoxy) is 1. The van der Waals surface area contributed by atoms with Crippen LogP contribution in [0.4, 0.5) is 0 Å². The van der Waals surface area contributed by atoms with Gasteiger partial charge < -0.3 is 9.64 Å². The molecule has 2 rings (SSSR count). The standard InChI is InChI=1S/C11H17NO2/c1-7(2)9-6-14-10-5-4-8(3)11(13)12(9)10/h7,9-10H,3-6H2,1-2H3/t9-,10-/m1/s1. The summed E-state index contributed by atoms with van der Waals surface area (Å²) in [6.45, 7) is 8.74. The molecule has 2 aliphatic heterocycles. The molecule has 14 heavy (non-hydrogen) atoms. The Morgan fingerprint density at radius 3 is 2.93 bits per heavy atom. The molecule has 3 nitrogen and oxygen atoms in total. The van der Waals surface area contributed by atoms with E-state index < -0.39 is 0 Å². The van der Waals surface area contributed by atoms with Crippen LogP contribution in [0.5, 0.6) is 0 Å². The number of fused-ring (bicyclic) bond motifs is 1. The summed E-state index contributed by atoms with van der Waals surface area (Å²) >= 11 is 0. The summed E-state index contributed by atoms with van der Waals surface area (Å²) in [5, 5.41) is 0. The molecule has 0 radical (unpaired) electrons. The highest BCUT2D eigenvalue weighted by Gasteiger charge is 2.42. The molecule has 0 saturated carbocycles. The third-order valence-corrected chi connectivity index (χ3v) is 3.13. The van der Waals surface area contributed by atoms with Crippen LogP contribution in [0.15, 0.2) is 12.2 Å². The Balaban J connectivity index is 2.20. The Labute approximate surface area is 84.7 Å². The second-order valence-corrected chi connectivity index (χ2v) is 4.45. The van der Waals surface area contributed by atoms with Gasteiger partial charge in [0.05, 0.1) is 12.6 Å². The molecule has 2 atom stereocenters. The zero-order valence-electron chi connectivity index (χ0n) is 8.82. The van der Waals surface area contributed by atoms with Crippen LogP contribution in [-0.4, -0.2) is 29.7 Å². The second-order valence-electron chi connectivity index (χ2n) is 4.45. The summed E-state index contributed by atoms with van der Waals surface area (Å²) in [7, 11) is 0. The van der Waals surface area contributed by atoms with Crippen molar-refractivity contribution in [3.63, 3.8) is 0 Å². The fourth-order valence-corrected chi connectivity index (χ4v) is 2.19. The molecule has 0 aromatic rings. The van der Waals surface area contributed by atoms with Gasteiger partial charge in [0.25, 0.3) is 5.91 Å². The average molecular weight is 195 g/mol. The first-order valence-electron chi connectivity index (χ1n) is 5.23. The maximum atomic E-state index is 11.9. The first-order valence-corrected chi connectivity index (χ1v) is 5.23. The Kier molecular flexibility index (Phi) is 2.35. The van der Waals surface area contributed by atoms with Crippen molar-refractivity contribution in [2.75, 3.05) is 6.61 Å². The predicted octanol–water partition coefficient (Wildman–Crippen LogP) is 1.55. The van der Waals surface area contributed by atoms with Gasteiger partial charge in [-0.15, -0.1) is 0 Å². The van der Waals surface area contributed by atoms with Crippen molar-refractivity contribution in [2.24, 2.45) is 5.92 Å². The summed E-state index contributed by atoms with van der Waals surface area (Å²) in [5.74, 6) is 0.548. The van der Waals surface area contributed by atoms with E-state index in [0.29, 0.717) is 12.5 Å². The first-order chi connectivity index (χ1) is 6.61. The van der Waals surface area contributed by atoms with Gasteiger partial charge in [0, 0.05) is 5.57 Å². The van der Waals surface area contributed by atoms with Crippen molar-refractivity contribution in [1.82, 2.24) is 4.90 Å². The molecular weight excluding hydrogens is 178 g/mol. The van der Waals surface area contributed by atoms with Gasteiger partial charge in [-0.3, -0.25) is 4.79 Å². The lowest BCUT2D eigenvalue weighted by molar-refractivity contribution is -0.137. The minimum atomic E-state index is 0.0143. The molecule has 78 valence electrons. The minimum absolute atomic E-state index is 0.0143. The summed E-state index contributed by atoms with van der Waals surface area (Å²) in [5.41, 5.74) is 0.734. The Bertz CT molecular complexity index is 272. The van der Waals surface area contributed by atoms with E-state index in [0.717, 1.165) is 18.4 Å². The van der Waals surface area contributed by atoms with E-state index in [1.165, 1.54) is 0 Å². The Morgan fingerprint density at radius 1 is 1.57 bits per heavy atom. The van der Waals surface area contributed by atoms with Gasteiger partial charge in [0.2, 0.25) is 0 Å². The van der Waals surface area contributed by atoms with Crippen LogP contribution < -0.4 is 0 Å². The molecule has 3 heteroatoms. The summed E-state index contributed by atoms with van der Waals surface area (Å²) < 4.78 is 5.61. The molecule has 0 bridgehead atoms. The minimum Gasteiger partial charge on any atom is -0.356 e. The molecule has 0 unspecified atom stereocenters. The predicted molar refractivity (Wildman–Crippen MR) is 53.6 cm³/mol. The average Bonchev–Trinajstić information content (AvgIpc) is 2.55. The van der Waals surface area contributed by atoms with Crippen molar-refractivity contribution in [3.05, 3.63) is 12.2 Å². The van der Waals surface area contributed by atoms with Crippen LogP contribution in [0.25, 0.3) is 0 Å². The van der Waals surface area contributed by atoms with Crippen molar-refractivity contribution >= 4 is 5.91 Å². The van der Waals surface area contributed by atoms with E-state index in [9.17, 15) is 4.79 Å². The molecule has 0 aliphatic carbocycles. The quantitative estimate of drug-likeness (QED) is 0.594. The molecule has 2 fully saturated rings. The number of piperidine rings is 1. The van der Waals surface area contributed by atoms with Crippen LogP contribution in [0.2, 0.25) is 0 Å². The maximum Gasteiger partial charge on any atom is 0.251 e. The van der Waals surface area contributed by atoms with Crippen LogP contribution in [0.1, 0.15) is 26.7 Å². The number of amides is 1. The number of nitrogens with zero attached hydrogens (tertiary/aromatic N) is 1. The Hall–Kier alpha value is -0.830. The highest BCUT2D eigenvalue weighted by Crippen LogP contribution is 2.32. The molecule has 2 aliphatic rings. The fourth-order valence-electron chi connectivity index (χ4n) is 2.19. The molecule has 0 spiro atoms. The SMILES string of the molecule is C=C1CC[C@H]2OC[C@H](C(C)C)N2C1=O. The van der Waals surface area contributed by atoms with Crippen molar-refractivity contribution < 1.29 is 9.53 Å².